The Bertz CT molecular complexity index is 422. The van der Waals surface area contributed by atoms with E-state index in [4.69, 9.17) is 5.11 Å². The first-order valence-corrected chi connectivity index (χ1v) is 4.64. The second-order valence-corrected chi connectivity index (χ2v) is 3.49. The molecule has 1 rings (SSSR count). The summed E-state index contributed by atoms with van der Waals surface area (Å²) in [5.74, 6) is -1.02. The number of aromatic nitrogens is 1. The molecule has 1 aromatic heterocycles. The Hall–Kier alpha value is -1.36. The van der Waals surface area contributed by atoms with Gasteiger partial charge in [0.1, 0.15) is 0 Å². The Morgan fingerprint density at radius 3 is 2.93 bits per heavy atom. The van der Waals surface area contributed by atoms with Gasteiger partial charge in [0, 0.05) is 29.4 Å². The van der Waals surface area contributed by atoms with Gasteiger partial charge in [-0.1, -0.05) is 6.08 Å². The number of carboxylic acid groups (broad SMARTS) is 1. The van der Waals surface area contributed by atoms with E-state index in [0.717, 1.165) is 10.5 Å². The van der Waals surface area contributed by atoms with Gasteiger partial charge in [-0.25, -0.2) is 4.79 Å². The fraction of sp³-hybridized carbons (Fsp3) is 0.111. The van der Waals surface area contributed by atoms with Crippen LogP contribution in [0.2, 0.25) is 0 Å². The van der Waals surface area contributed by atoms with E-state index >= 15 is 0 Å². The van der Waals surface area contributed by atoms with E-state index in [2.05, 4.69) is 15.9 Å². The average Bonchev–Trinajstić information content (AvgIpc) is 2.10. The molecule has 0 radical (unpaired) electrons. The van der Waals surface area contributed by atoms with E-state index in [1.54, 1.807) is 12.3 Å². The molecule has 0 aliphatic carbocycles. The summed E-state index contributed by atoms with van der Waals surface area (Å²) in [4.78, 5) is 21.4. The lowest BCUT2D eigenvalue weighted by Gasteiger charge is -2.00. The molecule has 0 aromatic carbocycles. The fourth-order valence-electron chi connectivity index (χ4n) is 0.912. The van der Waals surface area contributed by atoms with Crippen LogP contribution in [-0.2, 0) is 11.3 Å². The summed E-state index contributed by atoms with van der Waals surface area (Å²) in [7, 11) is 0. The number of halogens is 1. The largest absolute Gasteiger partial charge is 0.478 e. The van der Waals surface area contributed by atoms with Crippen LogP contribution in [0.25, 0.3) is 0 Å². The molecule has 1 N–H and O–H groups in total. The summed E-state index contributed by atoms with van der Waals surface area (Å²) in [6, 6.07) is 3.05. The number of carbonyl (C=O) groups is 1. The number of allylic oxidation sites excluding steroid dienone is 1. The molecule has 14 heavy (non-hydrogen) atoms. The molecule has 0 spiro atoms. The van der Waals surface area contributed by atoms with Gasteiger partial charge in [0.25, 0.3) is 5.56 Å². The van der Waals surface area contributed by atoms with Gasteiger partial charge in [-0.15, -0.1) is 0 Å². The van der Waals surface area contributed by atoms with Crippen LogP contribution in [0.15, 0.2) is 39.7 Å². The van der Waals surface area contributed by atoms with E-state index in [1.807, 2.05) is 0 Å². The number of pyridine rings is 1. The molecule has 0 aliphatic rings. The van der Waals surface area contributed by atoms with Crippen molar-refractivity contribution in [2.75, 3.05) is 0 Å². The van der Waals surface area contributed by atoms with Crippen molar-refractivity contribution in [2.45, 2.75) is 6.54 Å². The lowest BCUT2D eigenvalue weighted by molar-refractivity contribution is -0.131. The van der Waals surface area contributed by atoms with E-state index in [-0.39, 0.29) is 12.1 Å². The third kappa shape index (κ3) is 3.18. The molecule has 0 amide bonds. The predicted octanol–water partition coefficient (Wildman–Crippen LogP) is 1.25. The molecule has 1 heterocycles. The SMILES string of the molecule is O=C(O)/C=C/Cn1cc(Br)ccc1=O. The Kier molecular flexibility index (Phi) is 3.64. The van der Waals surface area contributed by atoms with Crippen LogP contribution in [0, 0.1) is 0 Å². The molecule has 0 fully saturated rings. The zero-order valence-electron chi connectivity index (χ0n) is 7.18. The summed E-state index contributed by atoms with van der Waals surface area (Å²) >= 11 is 3.22. The Morgan fingerprint density at radius 2 is 2.29 bits per heavy atom. The van der Waals surface area contributed by atoms with E-state index in [1.165, 1.54) is 16.7 Å². The highest BCUT2D eigenvalue weighted by Crippen LogP contribution is 2.04. The van der Waals surface area contributed by atoms with Gasteiger partial charge in [0.15, 0.2) is 0 Å². The quantitative estimate of drug-likeness (QED) is 0.830. The molecule has 0 saturated heterocycles. The van der Waals surface area contributed by atoms with Crippen molar-refractivity contribution in [3.63, 3.8) is 0 Å². The van der Waals surface area contributed by atoms with Crippen LogP contribution < -0.4 is 5.56 Å². The van der Waals surface area contributed by atoms with E-state index in [0.29, 0.717) is 0 Å². The minimum Gasteiger partial charge on any atom is -0.478 e. The van der Waals surface area contributed by atoms with Crippen molar-refractivity contribution in [1.82, 2.24) is 4.57 Å². The normalized spacial score (nSPS) is 10.6. The van der Waals surface area contributed by atoms with Crippen LogP contribution in [0.3, 0.4) is 0 Å². The predicted molar refractivity (Wildman–Crippen MR) is 55.2 cm³/mol. The molecule has 74 valence electrons. The van der Waals surface area contributed by atoms with Crippen LogP contribution in [0.1, 0.15) is 0 Å². The van der Waals surface area contributed by atoms with Gasteiger partial charge >= 0.3 is 5.97 Å². The average molecular weight is 258 g/mol. The number of aliphatic carboxylic acids is 1. The maximum atomic E-state index is 11.2. The summed E-state index contributed by atoms with van der Waals surface area (Å²) in [6.45, 7) is 0.255. The number of hydrogen-bond acceptors (Lipinski definition) is 2. The molecule has 0 saturated carbocycles. The molecule has 0 unspecified atom stereocenters. The zero-order chi connectivity index (χ0) is 10.6. The maximum absolute atomic E-state index is 11.2. The Balaban J connectivity index is 2.81. The highest BCUT2D eigenvalue weighted by atomic mass is 79.9. The highest BCUT2D eigenvalue weighted by Gasteiger charge is 1.94. The lowest BCUT2D eigenvalue weighted by atomic mass is 10.4. The van der Waals surface area contributed by atoms with Crippen molar-refractivity contribution >= 4 is 21.9 Å². The Labute approximate surface area is 88.6 Å². The van der Waals surface area contributed by atoms with Crippen LogP contribution in [0.5, 0.6) is 0 Å². The van der Waals surface area contributed by atoms with Gasteiger partial charge in [-0.3, -0.25) is 4.79 Å². The molecule has 0 bridgehead atoms. The summed E-state index contributed by atoms with van der Waals surface area (Å²) < 4.78 is 2.18. The molecule has 5 heteroatoms. The van der Waals surface area contributed by atoms with Gasteiger partial charge in [-0.05, 0) is 22.0 Å². The van der Waals surface area contributed by atoms with Crippen molar-refractivity contribution in [2.24, 2.45) is 0 Å². The molecule has 0 atom stereocenters. The third-order valence-electron chi connectivity index (χ3n) is 1.51. The maximum Gasteiger partial charge on any atom is 0.328 e. The first-order chi connectivity index (χ1) is 6.59. The van der Waals surface area contributed by atoms with E-state index in [9.17, 15) is 9.59 Å². The first kappa shape index (κ1) is 10.7. The summed E-state index contributed by atoms with van der Waals surface area (Å²) in [5, 5.41) is 8.33. The van der Waals surface area contributed by atoms with Gasteiger partial charge < -0.3 is 9.67 Å². The summed E-state index contributed by atoms with van der Waals surface area (Å²) in [5.41, 5.74) is -0.164. The fourth-order valence-corrected chi connectivity index (χ4v) is 1.29. The Morgan fingerprint density at radius 1 is 1.57 bits per heavy atom. The molecule has 4 nitrogen and oxygen atoms in total. The highest BCUT2D eigenvalue weighted by molar-refractivity contribution is 9.10. The second kappa shape index (κ2) is 4.76. The zero-order valence-corrected chi connectivity index (χ0v) is 8.77. The standard InChI is InChI=1S/C9H8BrNO3/c10-7-3-4-8(12)11(6-7)5-1-2-9(13)14/h1-4,6H,5H2,(H,13,14)/b2-1+. The lowest BCUT2D eigenvalue weighted by Crippen LogP contribution is -2.17. The van der Waals surface area contributed by atoms with Crippen molar-refractivity contribution < 1.29 is 9.90 Å². The molecular weight excluding hydrogens is 250 g/mol. The monoisotopic (exact) mass is 257 g/mol. The molecule has 1 aromatic rings. The van der Waals surface area contributed by atoms with Crippen LogP contribution in [-0.4, -0.2) is 15.6 Å². The first-order valence-electron chi connectivity index (χ1n) is 3.85. The van der Waals surface area contributed by atoms with Crippen molar-refractivity contribution in [3.05, 3.63) is 45.3 Å². The van der Waals surface area contributed by atoms with Crippen molar-refractivity contribution in [3.8, 4) is 0 Å². The van der Waals surface area contributed by atoms with Crippen LogP contribution >= 0.6 is 15.9 Å². The van der Waals surface area contributed by atoms with Gasteiger partial charge in [-0.2, -0.15) is 0 Å². The number of nitrogens with zero attached hydrogens (tertiary/aromatic N) is 1. The third-order valence-corrected chi connectivity index (χ3v) is 1.98. The number of hydrogen-bond donors (Lipinski definition) is 1. The van der Waals surface area contributed by atoms with Crippen LogP contribution in [0.4, 0.5) is 0 Å². The summed E-state index contributed by atoms with van der Waals surface area (Å²) in [6.07, 6.45) is 4.03. The van der Waals surface area contributed by atoms with Gasteiger partial charge in [0.05, 0.1) is 0 Å². The number of carboxylic acids is 1. The second-order valence-electron chi connectivity index (χ2n) is 2.58. The van der Waals surface area contributed by atoms with Crippen molar-refractivity contribution in [1.29, 1.82) is 0 Å². The number of rotatable bonds is 3. The topological polar surface area (TPSA) is 59.3 Å². The minimum absolute atomic E-state index is 0.164. The van der Waals surface area contributed by atoms with Gasteiger partial charge in [0.2, 0.25) is 0 Å². The molecule has 0 aliphatic heterocycles. The minimum atomic E-state index is -1.02. The smallest absolute Gasteiger partial charge is 0.328 e. The van der Waals surface area contributed by atoms with E-state index < -0.39 is 5.97 Å². The molecular formula is C9H8BrNO3.